The fourth-order valence-electron chi connectivity index (χ4n) is 3.69. The lowest BCUT2D eigenvalue weighted by Gasteiger charge is -2.20. The average molecular weight is 428 g/mol. The number of benzene rings is 1. The third-order valence-electron chi connectivity index (χ3n) is 5.32. The van der Waals surface area contributed by atoms with E-state index >= 15 is 0 Å². The molecule has 2 fully saturated rings. The van der Waals surface area contributed by atoms with Crippen molar-refractivity contribution in [1.82, 2.24) is 9.97 Å². The first-order chi connectivity index (χ1) is 14.8. The summed E-state index contributed by atoms with van der Waals surface area (Å²) in [6, 6.07) is 8.84. The monoisotopic (exact) mass is 428 g/mol. The maximum Gasteiger partial charge on any atom is 0.412 e. The van der Waals surface area contributed by atoms with Crippen LogP contribution in [0.25, 0.3) is 0 Å². The predicted molar refractivity (Wildman–Crippen MR) is 115 cm³/mol. The summed E-state index contributed by atoms with van der Waals surface area (Å²) in [6.07, 6.45) is 0.0805. The number of fused-ring (bicyclic) bond motifs is 1. The Kier molecular flexibility index (Phi) is 5.97. The van der Waals surface area contributed by atoms with E-state index in [0.717, 1.165) is 5.69 Å². The molecule has 9 nitrogen and oxygen atoms in total. The van der Waals surface area contributed by atoms with E-state index in [2.05, 4.69) is 41.4 Å². The Labute approximate surface area is 181 Å². The lowest BCUT2D eigenvalue weighted by atomic mass is 9.92. The molecule has 2 saturated heterocycles. The number of rotatable bonds is 5. The van der Waals surface area contributed by atoms with Gasteiger partial charge < -0.3 is 24.3 Å². The molecule has 4 atom stereocenters. The van der Waals surface area contributed by atoms with Crippen molar-refractivity contribution < 1.29 is 23.7 Å². The molecule has 9 heteroatoms. The number of ether oxygens (including phenoxy) is 4. The maximum absolute atomic E-state index is 12.3. The van der Waals surface area contributed by atoms with Crippen LogP contribution in [0.1, 0.15) is 26.5 Å². The molecular weight excluding hydrogens is 400 g/mol. The van der Waals surface area contributed by atoms with Crippen LogP contribution in [0.2, 0.25) is 0 Å². The second-order valence-electron chi connectivity index (χ2n) is 8.66. The molecule has 2 aromatic rings. The Bertz CT molecular complexity index is 932. The SMILES string of the molecule is COc1cccc(NC(=O)OC2COC3C(Nc4nccc(C(C)(C)C)n4)COC23)c1. The summed E-state index contributed by atoms with van der Waals surface area (Å²) in [5, 5.41) is 6.02. The van der Waals surface area contributed by atoms with Crippen LogP contribution in [0.4, 0.5) is 16.4 Å². The summed E-state index contributed by atoms with van der Waals surface area (Å²) in [7, 11) is 1.57. The molecule has 31 heavy (non-hydrogen) atoms. The molecule has 4 rings (SSSR count). The topological polar surface area (TPSA) is 104 Å². The molecule has 0 saturated carbocycles. The molecule has 0 bridgehead atoms. The van der Waals surface area contributed by atoms with Gasteiger partial charge in [-0.15, -0.1) is 0 Å². The number of carbonyl (C=O) groups is 1. The Morgan fingerprint density at radius 2 is 1.97 bits per heavy atom. The highest BCUT2D eigenvalue weighted by Gasteiger charge is 2.49. The number of aromatic nitrogens is 2. The van der Waals surface area contributed by atoms with Crippen molar-refractivity contribution in [3.63, 3.8) is 0 Å². The fraction of sp³-hybridized carbons (Fsp3) is 0.500. The van der Waals surface area contributed by atoms with Gasteiger partial charge in [-0.25, -0.2) is 14.8 Å². The van der Waals surface area contributed by atoms with Crippen LogP contribution < -0.4 is 15.4 Å². The molecule has 1 amide bonds. The quantitative estimate of drug-likeness (QED) is 0.749. The van der Waals surface area contributed by atoms with E-state index in [0.29, 0.717) is 24.0 Å². The molecule has 2 aliphatic heterocycles. The predicted octanol–water partition coefficient (Wildman–Crippen LogP) is 2.98. The highest BCUT2D eigenvalue weighted by atomic mass is 16.6. The second kappa shape index (κ2) is 8.68. The van der Waals surface area contributed by atoms with E-state index in [9.17, 15) is 4.79 Å². The van der Waals surface area contributed by atoms with Crippen molar-refractivity contribution in [2.75, 3.05) is 31.0 Å². The summed E-state index contributed by atoms with van der Waals surface area (Å²) in [5.41, 5.74) is 1.46. The minimum Gasteiger partial charge on any atom is -0.497 e. The molecule has 1 aromatic carbocycles. The average Bonchev–Trinajstić information content (AvgIpc) is 3.31. The highest BCUT2D eigenvalue weighted by Crippen LogP contribution is 2.31. The van der Waals surface area contributed by atoms with E-state index in [1.165, 1.54) is 0 Å². The number of hydrogen-bond acceptors (Lipinski definition) is 8. The zero-order chi connectivity index (χ0) is 22.0. The van der Waals surface area contributed by atoms with Crippen LogP contribution >= 0.6 is 0 Å². The van der Waals surface area contributed by atoms with Crippen LogP contribution in [-0.2, 0) is 19.6 Å². The van der Waals surface area contributed by atoms with E-state index in [1.807, 2.05) is 6.07 Å². The summed E-state index contributed by atoms with van der Waals surface area (Å²) in [4.78, 5) is 21.3. The molecule has 2 aliphatic rings. The summed E-state index contributed by atoms with van der Waals surface area (Å²) >= 11 is 0. The Hall–Kier alpha value is -2.91. The number of anilines is 2. The first kappa shape index (κ1) is 21.3. The number of methoxy groups -OCH3 is 1. The van der Waals surface area contributed by atoms with Gasteiger partial charge in [0.25, 0.3) is 0 Å². The normalized spacial score (nSPS) is 25.0. The highest BCUT2D eigenvalue weighted by molar-refractivity contribution is 5.85. The van der Waals surface area contributed by atoms with Gasteiger partial charge >= 0.3 is 6.09 Å². The van der Waals surface area contributed by atoms with Crippen molar-refractivity contribution in [3.05, 3.63) is 42.2 Å². The Balaban J connectivity index is 1.34. The number of hydrogen-bond donors (Lipinski definition) is 2. The van der Waals surface area contributed by atoms with Gasteiger partial charge in [0.2, 0.25) is 5.95 Å². The Morgan fingerprint density at radius 1 is 1.16 bits per heavy atom. The van der Waals surface area contributed by atoms with Crippen LogP contribution in [-0.4, -0.2) is 60.7 Å². The first-order valence-corrected chi connectivity index (χ1v) is 10.3. The molecule has 3 heterocycles. The first-order valence-electron chi connectivity index (χ1n) is 10.3. The molecular formula is C22H28N4O5. The molecule has 4 unspecified atom stereocenters. The standard InChI is InChI=1S/C22H28N4O5/c1-22(2,3)17-8-9-23-20(26-17)25-15-11-29-19-16(12-30-18(15)19)31-21(27)24-13-6-5-7-14(10-13)28-4/h5-10,15-16,18-19H,11-12H2,1-4H3,(H,24,27)(H,23,25,26). The van der Waals surface area contributed by atoms with Gasteiger partial charge in [-0.1, -0.05) is 26.8 Å². The largest absolute Gasteiger partial charge is 0.497 e. The van der Waals surface area contributed by atoms with Crippen molar-refractivity contribution >= 4 is 17.7 Å². The van der Waals surface area contributed by atoms with Crippen molar-refractivity contribution in [1.29, 1.82) is 0 Å². The lowest BCUT2D eigenvalue weighted by molar-refractivity contribution is 0.00916. The zero-order valence-electron chi connectivity index (χ0n) is 18.1. The van der Waals surface area contributed by atoms with Crippen LogP contribution in [0, 0.1) is 0 Å². The zero-order valence-corrected chi connectivity index (χ0v) is 18.1. The minimum atomic E-state index is -0.566. The molecule has 0 radical (unpaired) electrons. The van der Waals surface area contributed by atoms with E-state index in [4.69, 9.17) is 18.9 Å². The third kappa shape index (κ3) is 4.88. The van der Waals surface area contributed by atoms with Gasteiger partial charge in [0.1, 0.15) is 18.0 Å². The third-order valence-corrected chi connectivity index (χ3v) is 5.32. The number of nitrogens with zero attached hydrogens (tertiary/aromatic N) is 2. The van der Waals surface area contributed by atoms with Gasteiger partial charge in [-0.2, -0.15) is 0 Å². The number of amides is 1. The molecule has 0 aliphatic carbocycles. The summed E-state index contributed by atoms with van der Waals surface area (Å²) < 4.78 is 22.5. The van der Waals surface area contributed by atoms with Gasteiger partial charge in [0, 0.05) is 23.4 Å². The summed E-state index contributed by atoms with van der Waals surface area (Å²) in [5.74, 6) is 1.18. The number of nitrogens with one attached hydrogen (secondary N) is 2. The molecule has 166 valence electrons. The molecule has 0 spiro atoms. The Morgan fingerprint density at radius 3 is 2.74 bits per heavy atom. The van der Waals surface area contributed by atoms with Crippen molar-refractivity contribution in [2.24, 2.45) is 0 Å². The van der Waals surface area contributed by atoms with Gasteiger partial charge in [0.15, 0.2) is 6.10 Å². The van der Waals surface area contributed by atoms with Crippen LogP contribution in [0.15, 0.2) is 36.5 Å². The van der Waals surface area contributed by atoms with Gasteiger partial charge in [-0.05, 0) is 18.2 Å². The summed E-state index contributed by atoms with van der Waals surface area (Å²) in [6.45, 7) is 6.99. The number of carbonyl (C=O) groups excluding carboxylic acids is 1. The van der Waals surface area contributed by atoms with E-state index < -0.39 is 12.2 Å². The van der Waals surface area contributed by atoms with Gasteiger partial charge in [-0.3, -0.25) is 5.32 Å². The fourth-order valence-corrected chi connectivity index (χ4v) is 3.69. The lowest BCUT2D eigenvalue weighted by Crippen LogP contribution is -2.38. The maximum atomic E-state index is 12.3. The van der Waals surface area contributed by atoms with Crippen LogP contribution in [0.3, 0.4) is 0 Å². The van der Waals surface area contributed by atoms with Crippen molar-refractivity contribution in [3.8, 4) is 5.75 Å². The van der Waals surface area contributed by atoms with E-state index in [1.54, 1.807) is 37.6 Å². The van der Waals surface area contributed by atoms with Gasteiger partial charge in [0.05, 0.1) is 32.1 Å². The smallest absolute Gasteiger partial charge is 0.412 e. The van der Waals surface area contributed by atoms with Crippen LogP contribution in [0.5, 0.6) is 5.75 Å². The van der Waals surface area contributed by atoms with Crippen molar-refractivity contribution in [2.45, 2.75) is 50.5 Å². The van der Waals surface area contributed by atoms with E-state index in [-0.39, 0.29) is 30.3 Å². The second-order valence-corrected chi connectivity index (χ2v) is 8.66. The molecule has 1 aromatic heterocycles. The molecule has 2 N–H and O–H groups in total. The minimum absolute atomic E-state index is 0.0764.